The number of nitrogens with zero attached hydrogens (tertiary/aromatic N) is 2. The van der Waals surface area contributed by atoms with Crippen LogP contribution in [0.4, 0.5) is 11.4 Å². The van der Waals surface area contributed by atoms with Crippen LogP contribution in [0.25, 0.3) is 21.8 Å². The van der Waals surface area contributed by atoms with Gasteiger partial charge < -0.3 is 9.88 Å². The summed E-state index contributed by atoms with van der Waals surface area (Å²) in [4.78, 5) is 13.3. The van der Waals surface area contributed by atoms with Gasteiger partial charge in [-0.15, -0.1) is 0 Å². The smallest absolute Gasteiger partial charge is 0.264 e. The molecule has 1 amide bonds. The summed E-state index contributed by atoms with van der Waals surface area (Å²) in [5.74, 6) is -0.505. The van der Waals surface area contributed by atoms with Gasteiger partial charge in [-0.1, -0.05) is 59.6 Å². The van der Waals surface area contributed by atoms with Crippen molar-refractivity contribution in [3.63, 3.8) is 0 Å². The fourth-order valence-corrected chi connectivity index (χ4v) is 6.46. The molecule has 0 saturated carbocycles. The number of aromatic nitrogens is 1. The fourth-order valence-electron chi connectivity index (χ4n) is 4.52. The molecule has 1 N–H and O–H groups in total. The number of hydrogen-bond acceptors (Lipinski definition) is 3. The minimum Gasteiger partial charge on any atom is -0.341 e. The fraction of sp³-hybridized carbons (Fsp3) is 0.107. The van der Waals surface area contributed by atoms with Gasteiger partial charge in [-0.2, -0.15) is 0 Å². The molecule has 5 aromatic rings. The molecular formula is C28H23Cl2N3O3S. The van der Waals surface area contributed by atoms with Gasteiger partial charge in [-0.25, -0.2) is 8.42 Å². The van der Waals surface area contributed by atoms with E-state index in [-0.39, 0.29) is 20.6 Å². The molecule has 5 rings (SSSR count). The molecule has 37 heavy (non-hydrogen) atoms. The molecule has 0 saturated heterocycles. The van der Waals surface area contributed by atoms with Crippen LogP contribution >= 0.6 is 23.2 Å². The Morgan fingerprint density at radius 2 is 1.49 bits per heavy atom. The van der Waals surface area contributed by atoms with Crippen molar-refractivity contribution in [2.45, 2.75) is 18.4 Å². The van der Waals surface area contributed by atoms with Crippen LogP contribution in [-0.2, 0) is 21.4 Å². The average Bonchev–Trinajstić information content (AvgIpc) is 3.20. The maximum atomic E-state index is 13.6. The molecule has 0 atom stereocenters. The number of aryl methyl sites for hydroxylation is 1. The molecule has 6 nitrogen and oxygen atoms in total. The summed E-state index contributed by atoms with van der Waals surface area (Å²) < 4.78 is 30.3. The largest absolute Gasteiger partial charge is 0.341 e. The Morgan fingerprint density at radius 3 is 2.19 bits per heavy atom. The first-order chi connectivity index (χ1) is 17.8. The van der Waals surface area contributed by atoms with Crippen LogP contribution in [0.3, 0.4) is 0 Å². The highest BCUT2D eigenvalue weighted by Gasteiger charge is 2.28. The van der Waals surface area contributed by atoms with Crippen molar-refractivity contribution in [3.05, 3.63) is 101 Å². The highest BCUT2D eigenvalue weighted by Crippen LogP contribution is 2.32. The lowest BCUT2D eigenvalue weighted by molar-refractivity contribution is -0.114. The van der Waals surface area contributed by atoms with Crippen LogP contribution < -0.4 is 9.62 Å². The predicted octanol–water partition coefficient (Wildman–Crippen LogP) is 6.96. The predicted molar refractivity (Wildman–Crippen MR) is 151 cm³/mol. The van der Waals surface area contributed by atoms with E-state index in [0.717, 1.165) is 32.7 Å². The van der Waals surface area contributed by atoms with Gasteiger partial charge in [0, 0.05) is 44.1 Å². The van der Waals surface area contributed by atoms with E-state index in [4.69, 9.17) is 23.2 Å². The van der Waals surface area contributed by atoms with Crippen LogP contribution in [0, 0.1) is 0 Å². The van der Waals surface area contributed by atoms with Crippen LogP contribution in [-0.4, -0.2) is 25.4 Å². The van der Waals surface area contributed by atoms with Crippen molar-refractivity contribution >= 4 is 72.3 Å². The molecular weight excluding hydrogens is 529 g/mol. The molecule has 0 aliphatic carbocycles. The number of carbonyl (C=O) groups excluding carboxylic acids is 1. The Labute approximate surface area is 225 Å². The van der Waals surface area contributed by atoms with E-state index in [1.54, 1.807) is 18.2 Å². The highest BCUT2D eigenvalue weighted by atomic mass is 35.5. The monoisotopic (exact) mass is 551 g/mol. The third-order valence-electron chi connectivity index (χ3n) is 6.13. The van der Waals surface area contributed by atoms with Gasteiger partial charge in [0.2, 0.25) is 5.91 Å². The van der Waals surface area contributed by atoms with E-state index in [9.17, 15) is 13.2 Å². The standard InChI is InChI=1S/C28H23Cl2N3O3S/c1-2-32-26-11-7-6-10-24(26)25-17-21(12-13-27(25)32)31-28(34)18-33(22-15-19(29)14-20(30)16-22)37(35,36)23-8-4-3-5-9-23/h3-17H,2,18H2,1H3,(H,31,34). The maximum Gasteiger partial charge on any atom is 0.264 e. The van der Waals surface area contributed by atoms with Crippen LogP contribution in [0.15, 0.2) is 95.9 Å². The molecule has 4 aromatic carbocycles. The van der Waals surface area contributed by atoms with E-state index in [0.29, 0.717) is 5.69 Å². The molecule has 0 unspecified atom stereocenters. The van der Waals surface area contributed by atoms with Crippen molar-refractivity contribution in [1.82, 2.24) is 4.57 Å². The number of sulfonamides is 1. The molecule has 1 heterocycles. The van der Waals surface area contributed by atoms with Crippen molar-refractivity contribution in [2.75, 3.05) is 16.2 Å². The number of amides is 1. The second-order valence-corrected chi connectivity index (χ2v) is 11.2. The first-order valence-electron chi connectivity index (χ1n) is 11.6. The van der Waals surface area contributed by atoms with Gasteiger partial charge in [0.1, 0.15) is 6.54 Å². The number of benzene rings is 4. The highest BCUT2D eigenvalue weighted by molar-refractivity contribution is 7.92. The topological polar surface area (TPSA) is 71.4 Å². The van der Waals surface area contributed by atoms with E-state index in [1.165, 1.54) is 30.3 Å². The molecule has 9 heteroatoms. The van der Waals surface area contributed by atoms with Crippen molar-refractivity contribution in [1.29, 1.82) is 0 Å². The summed E-state index contributed by atoms with van der Waals surface area (Å²) in [7, 11) is -4.09. The SMILES string of the molecule is CCn1c2ccccc2c2cc(NC(=O)CN(c3cc(Cl)cc(Cl)c3)S(=O)(=O)c3ccccc3)ccc21. The van der Waals surface area contributed by atoms with Gasteiger partial charge in [0.05, 0.1) is 10.6 Å². The molecule has 0 aliphatic heterocycles. The second kappa shape index (κ2) is 10.1. The van der Waals surface area contributed by atoms with Crippen molar-refractivity contribution < 1.29 is 13.2 Å². The summed E-state index contributed by atoms with van der Waals surface area (Å²) >= 11 is 12.3. The molecule has 0 aliphatic rings. The normalized spacial score (nSPS) is 11.6. The first kappa shape index (κ1) is 25.1. The lowest BCUT2D eigenvalue weighted by Gasteiger charge is -2.24. The number of hydrogen-bond donors (Lipinski definition) is 1. The molecule has 0 fully saturated rings. The molecule has 1 aromatic heterocycles. The van der Waals surface area contributed by atoms with E-state index >= 15 is 0 Å². The molecule has 0 radical (unpaired) electrons. The minimum absolute atomic E-state index is 0.0488. The van der Waals surface area contributed by atoms with E-state index < -0.39 is 22.5 Å². The first-order valence-corrected chi connectivity index (χ1v) is 13.8. The Bertz CT molecular complexity index is 1710. The van der Waals surface area contributed by atoms with E-state index in [2.05, 4.69) is 22.9 Å². The molecule has 0 spiro atoms. The summed E-state index contributed by atoms with van der Waals surface area (Å²) in [6.07, 6.45) is 0. The van der Waals surface area contributed by atoms with Crippen LogP contribution in [0.5, 0.6) is 0 Å². The zero-order chi connectivity index (χ0) is 26.2. The van der Waals surface area contributed by atoms with Gasteiger partial charge >= 0.3 is 0 Å². The van der Waals surface area contributed by atoms with Gasteiger partial charge in [-0.05, 0) is 61.5 Å². The Balaban J connectivity index is 1.50. The lowest BCUT2D eigenvalue weighted by atomic mass is 10.1. The van der Waals surface area contributed by atoms with Gasteiger partial charge in [-0.3, -0.25) is 9.10 Å². The van der Waals surface area contributed by atoms with Crippen molar-refractivity contribution in [3.8, 4) is 0 Å². The zero-order valence-electron chi connectivity index (χ0n) is 19.9. The number of fused-ring (bicyclic) bond motifs is 3. The maximum absolute atomic E-state index is 13.6. The Hall–Kier alpha value is -3.52. The third-order valence-corrected chi connectivity index (χ3v) is 8.35. The number of carbonyl (C=O) groups is 1. The summed E-state index contributed by atoms with van der Waals surface area (Å²) in [5, 5.41) is 5.46. The minimum atomic E-state index is -4.09. The van der Waals surface area contributed by atoms with Crippen molar-refractivity contribution in [2.24, 2.45) is 0 Å². The number of halogens is 2. The summed E-state index contributed by atoms with van der Waals surface area (Å²) in [5.41, 5.74) is 2.93. The van der Waals surface area contributed by atoms with Crippen LogP contribution in [0.2, 0.25) is 10.0 Å². The number of nitrogens with one attached hydrogen (secondary N) is 1. The van der Waals surface area contributed by atoms with Gasteiger partial charge in [0.15, 0.2) is 0 Å². The van der Waals surface area contributed by atoms with Crippen LogP contribution in [0.1, 0.15) is 6.92 Å². The lowest BCUT2D eigenvalue weighted by Crippen LogP contribution is -2.38. The quantitative estimate of drug-likeness (QED) is 0.237. The Kier molecular flexibility index (Phi) is 6.86. The number of rotatable bonds is 7. The molecule has 0 bridgehead atoms. The number of anilines is 2. The third kappa shape index (κ3) is 4.90. The average molecular weight is 552 g/mol. The zero-order valence-corrected chi connectivity index (χ0v) is 22.2. The van der Waals surface area contributed by atoms with E-state index in [1.807, 2.05) is 36.4 Å². The molecule has 188 valence electrons. The second-order valence-electron chi connectivity index (χ2n) is 8.49. The summed E-state index contributed by atoms with van der Waals surface area (Å²) in [6, 6.07) is 26.1. The van der Waals surface area contributed by atoms with Gasteiger partial charge in [0.25, 0.3) is 10.0 Å². The number of para-hydroxylation sites is 1. The Morgan fingerprint density at radius 1 is 0.838 bits per heavy atom. The summed E-state index contributed by atoms with van der Waals surface area (Å²) in [6.45, 7) is 2.43.